The van der Waals surface area contributed by atoms with E-state index in [0.717, 1.165) is 0 Å². The Morgan fingerprint density at radius 3 is 3.00 bits per heavy atom. The maximum Gasteiger partial charge on any atom is 0.303 e. The van der Waals surface area contributed by atoms with Crippen LogP contribution in [0, 0.1) is 0 Å². The van der Waals surface area contributed by atoms with E-state index in [0.29, 0.717) is 30.2 Å². The van der Waals surface area contributed by atoms with Crippen LogP contribution in [0.25, 0.3) is 5.65 Å². The largest absolute Gasteiger partial charge is 0.481 e. The zero-order valence-electron chi connectivity index (χ0n) is 9.33. The molecule has 2 rings (SSSR count). The number of carbonyl (C=O) groups is 1. The van der Waals surface area contributed by atoms with E-state index in [9.17, 15) is 4.79 Å². The summed E-state index contributed by atoms with van der Waals surface area (Å²) >= 11 is 0. The molecule has 17 heavy (non-hydrogen) atoms. The predicted molar refractivity (Wildman–Crippen MR) is 57.9 cm³/mol. The third kappa shape index (κ3) is 2.49. The molecule has 0 unspecified atom stereocenters. The summed E-state index contributed by atoms with van der Waals surface area (Å²) in [7, 11) is 1.53. The number of aromatic nitrogens is 4. The third-order valence-electron chi connectivity index (χ3n) is 2.30. The van der Waals surface area contributed by atoms with Crippen molar-refractivity contribution in [1.29, 1.82) is 0 Å². The van der Waals surface area contributed by atoms with Gasteiger partial charge in [0.25, 0.3) is 0 Å². The molecule has 0 radical (unpaired) electrons. The second kappa shape index (κ2) is 4.77. The normalized spacial score (nSPS) is 10.6. The molecule has 2 aromatic heterocycles. The summed E-state index contributed by atoms with van der Waals surface area (Å²) in [6.45, 7) is 0. The molecule has 2 aromatic rings. The van der Waals surface area contributed by atoms with Crippen molar-refractivity contribution in [3.63, 3.8) is 0 Å². The Labute approximate surface area is 97.0 Å². The second-order valence-corrected chi connectivity index (χ2v) is 3.51. The van der Waals surface area contributed by atoms with Crippen molar-refractivity contribution in [3.8, 4) is 5.88 Å². The Bertz CT molecular complexity index is 537. The van der Waals surface area contributed by atoms with Gasteiger partial charge in [0, 0.05) is 18.9 Å². The van der Waals surface area contributed by atoms with Gasteiger partial charge < -0.3 is 9.84 Å². The summed E-state index contributed by atoms with van der Waals surface area (Å²) in [6.07, 6.45) is 1.14. The molecule has 90 valence electrons. The molecule has 1 N–H and O–H groups in total. The van der Waals surface area contributed by atoms with Crippen LogP contribution < -0.4 is 4.74 Å². The van der Waals surface area contributed by atoms with Crippen molar-refractivity contribution in [1.82, 2.24) is 19.8 Å². The van der Waals surface area contributed by atoms with Crippen LogP contribution in [0.5, 0.6) is 5.88 Å². The molecule has 0 aromatic carbocycles. The predicted octanol–water partition coefficient (Wildman–Crippen LogP) is 0.540. The first-order valence-electron chi connectivity index (χ1n) is 5.18. The maximum absolute atomic E-state index is 10.4. The molecule has 2 heterocycles. The summed E-state index contributed by atoms with van der Waals surface area (Å²) in [5.74, 6) is 0.293. The Kier molecular flexibility index (Phi) is 3.17. The first-order chi connectivity index (χ1) is 8.20. The van der Waals surface area contributed by atoms with Gasteiger partial charge in [0.05, 0.1) is 7.11 Å². The Hall–Kier alpha value is -2.18. The fourth-order valence-electron chi connectivity index (χ4n) is 1.48. The highest BCUT2D eigenvalue weighted by atomic mass is 16.5. The third-order valence-corrected chi connectivity index (χ3v) is 2.30. The van der Waals surface area contributed by atoms with Gasteiger partial charge >= 0.3 is 5.97 Å². The number of carboxylic acid groups (broad SMARTS) is 1. The lowest BCUT2D eigenvalue weighted by molar-refractivity contribution is -0.137. The SMILES string of the molecule is COc1ccc2nnc(CCCC(=O)O)n2n1. The van der Waals surface area contributed by atoms with Crippen molar-refractivity contribution in [2.45, 2.75) is 19.3 Å². The molecule has 0 fully saturated rings. The zero-order chi connectivity index (χ0) is 12.3. The number of ether oxygens (including phenoxy) is 1. The highest BCUT2D eigenvalue weighted by molar-refractivity contribution is 5.66. The van der Waals surface area contributed by atoms with Gasteiger partial charge in [-0.1, -0.05) is 0 Å². The quantitative estimate of drug-likeness (QED) is 0.814. The van der Waals surface area contributed by atoms with Crippen LogP contribution in [0.1, 0.15) is 18.7 Å². The molecule has 0 amide bonds. The van der Waals surface area contributed by atoms with E-state index in [1.165, 1.54) is 7.11 Å². The van der Waals surface area contributed by atoms with Crippen molar-refractivity contribution < 1.29 is 14.6 Å². The van der Waals surface area contributed by atoms with Crippen molar-refractivity contribution in [2.24, 2.45) is 0 Å². The first kappa shape index (κ1) is 11.3. The average Bonchev–Trinajstić information content (AvgIpc) is 2.71. The standard InChI is InChI=1S/C10H12N4O3/c1-17-9-6-5-8-12-11-7(14(8)13-9)3-2-4-10(15)16/h5-6H,2-4H2,1H3,(H,15,16). The van der Waals surface area contributed by atoms with Gasteiger partial charge in [-0.15, -0.1) is 15.3 Å². The fourth-order valence-corrected chi connectivity index (χ4v) is 1.48. The number of aliphatic carboxylic acids is 1. The van der Waals surface area contributed by atoms with E-state index in [1.807, 2.05) is 0 Å². The molecule has 0 saturated carbocycles. The Balaban J connectivity index is 2.19. The number of nitrogens with zero attached hydrogens (tertiary/aromatic N) is 4. The summed E-state index contributed by atoms with van der Waals surface area (Å²) in [5.41, 5.74) is 0.621. The minimum Gasteiger partial charge on any atom is -0.481 e. The average molecular weight is 236 g/mol. The van der Waals surface area contributed by atoms with Gasteiger partial charge in [0.1, 0.15) is 0 Å². The van der Waals surface area contributed by atoms with E-state index in [-0.39, 0.29) is 6.42 Å². The molecule has 0 spiro atoms. The molecule has 7 heteroatoms. The number of carboxylic acids is 1. The van der Waals surface area contributed by atoms with Crippen LogP contribution in [0.2, 0.25) is 0 Å². The van der Waals surface area contributed by atoms with Crippen LogP contribution in [-0.4, -0.2) is 38.0 Å². The maximum atomic E-state index is 10.4. The van der Waals surface area contributed by atoms with E-state index in [1.54, 1.807) is 16.6 Å². The van der Waals surface area contributed by atoms with Gasteiger partial charge in [-0.05, 0) is 12.5 Å². The number of hydrogen-bond donors (Lipinski definition) is 1. The van der Waals surface area contributed by atoms with E-state index in [4.69, 9.17) is 9.84 Å². The van der Waals surface area contributed by atoms with Crippen LogP contribution in [-0.2, 0) is 11.2 Å². The molecule has 0 aliphatic heterocycles. The highest BCUT2D eigenvalue weighted by Gasteiger charge is 2.08. The summed E-state index contributed by atoms with van der Waals surface area (Å²) < 4.78 is 6.58. The van der Waals surface area contributed by atoms with Gasteiger partial charge in [-0.3, -0.25) is 4.79 Å². The lowest BCUT2D eigenvalue weighted by Crippen LogP contribution is -2.02. The van der Waals surface area contributed by atoms with Gasteiger partial charge in [-0.25, -0.2) is 0 Å². The molecule has 0 bridgehead atoms. The van der Waals surface area contributed by atoms with Crippen LogP contribution >= 0.6 is 0 Å². The number of methoxy groups -OCH3 is 1. The molecular weight excluding hydrogens is 224 g/mol. The molecule has 0 atom stereocenters. The first-order valence-corrected chi connectivity index (χ1v) is 5.18. The molecule has 0 aliphatic carbocycles. The number of rotatable bonds is 5. The topological polar surface area (TPSA) is 89.6 Å². The fraction of sp³-hybridized carbons (Fsp3) is 0.400. The summed E-state index contributed by atoms with van der Waals surface area (Å²) in [4.78, 5) is 10.4. The Morgan fingerprint density at radius 2 is 2.29 bits per heavy atom. The zero-order valence-corrected chi connectivity index (χ0v) is 9.33. The number of fused-ring (bicyclic) bond motifs is 1. The van der Waals surface area contributed by atoms with Crippen molar-refractivity contribution in [2.75, 3.05) is 7.11 Å². The van der Waals surface area contributed by atoms with E-state index < -0.39 is 5.97 Å². The van der Waals surface area contributed by atoms with Crippen LogP contribution in [0.3, 0.4) is 0 Å². The van der Waals surface area contributed by atoms with Gasteiger partial charge in [0.15, 0.2) is 11.5 Å². The molecule has 0 saturated heterocycles. The van der Waals surface area contributed by atoms with Crippen molar-refractivity contribution in [3.05, 3.63) is 18.0 Å². The van der Waals surface area contributed by atoms with Crippen LogP contribution in [0.4, 0.5) is 0 Å². The summed E-state index contributed by atoms with van der Waals surface area (Å²) in [6, 6.07) is 3.45. The monoisotopic (exact) mass is 236 g/mol. The molecule has 0 aliphatic rings. The lowest BCUT2D eigenvalue weighted by atomic mass is 10.2. The minimum absolute atomic E-state index is 0.110. The Morgan fingerprint density at radius 1 is 1.47 bits per heavy atom. The van der Waals surface area contributed by atoms with Crippen LogP contribution in [0.15, 0.2) is 12.1 Å². The number of aryl methyl sites for hydroxylation is 1. The molecule has 7 nitrogen and oxygen atoms in total. The second-order valence-electron chi connectivity index (χ2n) is 3.51. The van der Waals surface area contributed by atoms with E-state index >= 15 is 0 Å². The highest BCUT2D eigenvalue weighted by Crippen LogP contribution is 2.10. The van der Waals surface area contributed by atoms with Crippen molar-refractivity contribution >= 4 is 11.6 Å². The lowest BCUT2D eigenvalue weighted by Gasteiger charge is -2.00. The number of hydrogen-bond acceptors (Lipinski definition) is 5. The summed E-state index contributed by atoms with van der Waals surface area (Å²) in [5, 5.41) is 20.6. The minimum atomic E-state index is -0.815. The van der Waals surface area contributed by atoms with E-state index in [2.05, 4.69) is 15.3 Å². The smallest absolute Gasteiger partial charge is 0.303 e. The molecular formula is C10H12N4O3. The van der Waals surface area contributed by atoms with Gasteiger partial charge in [-0.2, -0.15) is 4.52 Å². The van der Waals surface area contributed by atoms with Gasteiger partial charge in [0.2, 0.25) is 5.88 Å².